The van der Waals surface area contributed by atoms with E-state index < -0.39 is 0 Å². The molecule has 140 valence electrons. The number of carbonyl (C=O) groups excluding carboxylic acids is 1. The Kier molecular flexibility index (Phi) is 4.88. The maximum absolute atomic E-state index is 12.5. The number of piperidine rings is 1. The normalized spacial score (nSPS) is 17.0. The van der Waals surface area contributed by atoms with Crippen LogP contribution in [-0.2, 0) is 6.54 Å². The Bertz CT molecular complexity index is 926. The Labute approximate surface area is 155 Å². The van der Waals surface area contributed by atoms with Crippen LogP contribution in [0.15, 0.2) is 30.5 Å². The summed E-state index contributed by atoms with van der Waals surface area (Å²) >= 11 is 0. The molecule has 1 aliphatic heterocycles. The fourth-order valence-corrected chi connectivity index (χ4v) is 3.22. The Balaban J connectivity index is 1.43. The molecule has 0 aliphatic carbocycles. The molecule has 1 amide bonds. The van der Waals surface area contributed by atoms with Gasteiger partial charge in [0.15, 0.2) is 11.5 Å². The zero-order valence-corrected chi connectivity index (χ0v) is 15.0. The molecule has 0 saturated carbocycles. The third-order valence-electron chi connectivity index (χ3n) is 4.59. The minimum atomic E-state index is -0.298. The van der Waals surface area contributed by atoms with Gasteiger partial charge in [0.05, 0.1) is 11.9 Å². The van der Waals surface area contributed by atoms with Gasteiger partial charge in [-0.1, -0.05) is 11.3 Å². The van der Waals surface area contributed by atoms with Gasteiger partial charge < -0.3 is 10.6 Å². The number of aromatic nitrogens is 7. The summed E-state index contributed by atoms with van der Waals surface area (Å²) in [6.07, 6.45) is 4.03. The summed E-state index contributed by atoms with van der Waals surface area (Å²) in [7, 11) is 0. The predicted octanol–water partition coefficient (Wildman–Crippen LogP) is 0.814. The molecule has 3 heterocycles. The molecule has 4 rings (SSSR count). The van der Waals surface area contributed by atoms with E-state index in [1.165, 1.54) is 6.42 Å². The van der Waals surface area contributed by atoms with Gasteiger partial charge in [-0.2, -0.15) is 4.68 Å². The first kappa shape index (κ1) is 17.3. The van der Waals surface area contributed by atoms with Crippen molar-refractivity contribution in [1.29, 1.82) is 0 Å². The molecule has 1 saturated heterocycles. The molecule has 1 atom stereocenters. The van der Waals surface area contributed by atoms with Crippen molar-refractivity contribution in [3.63, 3.8) is 0 Å². The van der Waals surface area contributed by atoms with Gasteiger partial charge >= 0.3 is 0 Å². The highest BCUT2D eigenvalue weighted by Crippen LogP contribution is 2.16. The Hall–Kier alpha value is -3.14. The minimum absolute atomic E-state index is 0.294. The van der Waals surface area contributed by atoms with E-state index >= 15 is 0 Å². The Morgan fingerprint density at radius 1 is 1.33 bits per heavy atom. The van der Waals surface area contributed by atoms with Gasteiger partial charge in [-0.05, 0) is 67.4 Å². The summed E-state index contributed by atoms with van der Waals surface area (Å²) in [6.45, 7) is 4.63. The second kappa shape index (κ2) is 7.62. The zero-order chi connectivity index (χ0) is 18.6. The molecule has 1 unspecified atom stereocenters. The van der Waals surface area contributed by atoms with Gasteiger partial charge in [-0.15, -0.1) is 10.2 Å². The largest absolute Gasteiger partial charge is 0.320 e. The highest BCUT2D eigenvalue weighted by atomic mass is 16.2. The van der Waals surface area contributed by atoms with E-state index in [4.69, 9.17) is 0 Å². The van der Waals surface area contributed by atoms with Gasteiger partial charge in [-0.3, -0.25) is 9.48 Å². The molecular formula is C17H21N9O. The van der Waals surface area contributed by atoms with E-state index in [1.807, 2.05) is 19.1 Å². The second-order valence-corrected chi connectivity index (χ2v) is 6.68. The SMILES string of the molecule is Cc1nnnn1-c1cccc(NC(=O)c2cn(CC3CCCNC3)nn2)c1. The van der Waals surface area contributed by atoms with E-state index in [2.05, 4.69) is 36.5 Å². The first-order chi connectivity index (χ1) is 13.2. The van der Waals surface area contributed by atoms with Crippen molar-refractivity contribution in [2.24, 2.45) is 5.92 Å². The summed E-state index contributed by atoms with van der Waals surface area (Å²) < 4.78 is 3.34. The molecule has 27 heavy (non-hydrogen) atoms. The lowest BCUT2D eigenvalue weighted by Crippen LogP contribution is -2.32. The first-order valence-electron chi connectivity index (χ1n) is 8.96. The molecule has 0 spiro atoms. The number of nitrogens with zero attached hydrogens (tertiary/aromatic N) is 7. The van der Waals surface area contributed by atoms with Crippen LogP contribution in [0.3, 0.4) is 0 Å². The average Bonchev–Trinajstić information content (AvgIpc) is 3.32. The van der Waals surface area contributed by atoms with Gasteiger partial charge in [0, 0.05) is 12.2 Å². The molecule has 1 aliphatic rings. The van der Waals surface area contributed by atoms with Crippen LogP contribution in [0.5, 0.6) is 0 Å². The first-order valence-corrected chi connectivity index (χ1v) is 8.96. The summed E-state index contributed by atoms with van der Waals surface area (Å²) in [4.78, 5) is 12.5. The van der Waals surface area contributed by atoms with Crippen molar-refractivity contribution < 1.29 is 4.79 Å². The number of anilines is 1. The van der Waals surface area contributed by atoms with Crippen LogP contribution < -0.4 is 10.6 Å². The molecule has 3 aromatic rings. The second-order valence-electron chi connectivity index (χ2n) is 6.68. The standard InChI is InChI=1S/C17H21N9O/c1-12-20-22-24-26(12)15-6-2-5-14(8-15)19-17(27)16-11-25(23-21-16)10-13-4-3-7-18-9-13/h2,5-6,8,11,13,18H,3-4,7,9-10H2,1H3,(H,19,27). The maximum Gasteiger partial charge on any atom is 0.277 e. The van der Waals surface area contributed by atoms with E-state index in [1.54, 1.807) is 27.7 Å². The van der Waals surface area contributed by atoms with Crippen LogP contribution in [0.25, 0.3) is 5.69 Å². The summed E-state index contributed by atoms with van der Waals surface area (Å²) in [5, 5.41) is 25.8. The number of hydrogen-bond donors (Lipinski definition) is 2. The van der Waals surface area contributed by atoms with E-state index in [9.17, 15) is 4.79 Å². The number of amides is 1. The van der Waals surface area contributed by atoms with Crippen molar-refractivity contribution in [2.75, 3.05) is 18.4 Å². The quantitative estimate of drug-likeness (QED) is 0.686. The Morgan fingerprint density at radius 3 is 3.04 bits per heavy atom. The number of rotatable bonds is 5. The molecule has 1 aromatic carbocycles. The third-order valence-corrected chi connectivity index (χ3v) is 4.59. The van der Waals surface area contributed by atoms with Crippen LogP contribution in [-0.4, -0.2) is 54.2 Å². The Morgan fingerprint density at radius 2 is 2.26 bits per heavy atom. The van der Waals surface area contributed by atoms with Crippen LogP contribution in [0.2, 0.25) is 0 Å². The number of carbonyl (C=O) groups is 1. The lowest BCUT2D eigenvalue weighted by Gasteiger charge is -2.22. The van der Waals surface area contributed by atoms with Gasteiger partial charge in [0.1, 0.15) is 0 Å². The van der Waals surface area contributed by atoms with Crippen LogP contribution in [0.1, 0.15) is 29.2 Å². The highest BCUT2D eigenvalue weighted by molar-refractivity contribution is 6.02. The van der Waals surface area contributed by atoms with Crippen molar-refractivity contribution in [3.05, 3.63) is 42.0 Å². The lowest BCUT2D eigenvalue weighted by molar-refractivity contribution is 0.102. The highest BCUT2D eigenvalue weighted by Gasteiger charge is 2.16. The van der Waals surface area contributed by atoms with Crippen LogP contribution >= 0.6 is 0 Å². The summed E-state index contributed by atoms with van der Waals surface area (Å²) in [5.74, 6) is 0.889. The third kappa shape index (κ3) is 4.00. The van der Waals surface area contributed by atoms with Crippen molar-refractivity contribution in [1.82, 2.24) is 40.5 Å². The lowest BCUT2D eigenvalue weighted by atomic mass is 10.00. The molecule has 2 aromatic heterocycles. The molecule has 10 heteroatoms. The van der Waals surface area contributed by atoms with Gasteiger partial charge in [0.2, 0.25) is 0 Å². The van der Waals surface area contributed by atoms with E-state index in [-0.39, 0.29) is 5.91 Å². The maximum atomic E-state index is 12.5. The molecule has 2 N–H and O–H groups in total. The molecule has 0 bridgehead atoms. The van der Waals surface area contributed by atoms with Gasteiger partial charge in [0.25, 0.3) is 5.91 Å². The number of aryl methyl sites for hydroxylation is 1. The molecule has 0 radical (unpaired) electrons. The van der Waals surface area contributed by atoms with Crippen LogP contribution in [0.4, 0.5) is 5.69 Å². The zero-order valence-electron chi connectivity index (χ0n) is 15.0. The average molecular weight is 367 g/mol. The predicted molar refractivity (Wildman–Crippen MR) is 97.5 cm³/mol. The van der Waals surface area contributed by atoms with E-state index in [0.29, 0.717) is 23.1 Å². The molecule has 1 fully saturated rings. The molecular weight excluding hydrogens is 346 g/mol. The van der Waals surface area contributed by atoms with Crippen molar-refractivity contribution >= 4 is 11.6 Å². The minimum Gasteiger partial charge on any atom is -0.320 e. The number of tetrazole rings is 1. The fraction of sp³-hybridized carbons (Fsp3) is 0.412. The smallest absolute Gasteiger partial charge is 0.277 e. The number of nitrogens with one attached hydrogen (secondary N) is 2. The monoisotopic (exact) mass is 367 g/mol. The summed E-state index contributed by atoms with van der Waals surface area (Å²) in [5.41, 5.74) is 1.70. The molecule has 10 nitrogen and oxygen atoms in total. The number of hydrogen-bond acceptors (Lipinski definition) is 7. The fourth-order valence-electron chi connectivity index (χ4n) is 3.22. The van der Waals surface area contributed by atoms with Crippen molar-refractivity contribution in [3.8, 4) is 5.69 Å². The number of benzene rings is 1. The van der Waals surface area contributed by atoms with Crippen molar-refractivity contribution in [2.45, 2.75) is 26.3 Å². The summed E-state index contributed by atoms with van der Waals surface area (Å²) in [6, 6.07) is 7.31. The van der Waals surface area contributed by atoms with E-state index in [0.717, 1.165) is 31.7 Å². The van der Waals surface area contributed by atoms with Gasteiger partial charge in [-0.25, -0.2) is 0 Å². The van der Waals surface area contributed by atoms with Crippen LogP contribution in [0, 0.1) is 12.8 Å². The topological polar surface area (TPSA) is 115 Å².